The number of halogens is 2. The zero-order valence-electron chi connectivity index (χ0n) is 13.7. The predicted molar refractivity (Wildman–Crippen MR) is 94.3 cm³/mol. The second-order valence-corrected chi connectivity index (χ2v) is 5.21. The molecule has 0 aliphatic rings. The summed E-state index contributed by atoms with van der Waals surface area (Å²) in [6.07, 6.45) is 0. The molecule has 122 valence electrons. The van der Waals surface area contributed by atoms with Gasteiger partial charge in [-0.25, -0.2) is 12.1 Å². The molecule has 2 radical (unpaired) electrons. The molecule has 0 N–H and O–H groups in total. The van der Waals surface area contributed by atoms with Crippen LogP contribution in [0, 0.1) is 13.8 Å². The van der Waals surface area contributed by atoms with Crippen LogP contribution in [0.5, 0.6) is 0 Å². The van der Waals surface area contributed by atoms with E-state index in [-0.39, 0.29) is 24.8 Å². The third-order valence-corrected chi connectivity index (χ3v) is 3.84. The fourth-order valence-electron chi connectivity index (χ4n) is 2.50. The van der Waals surface area contributed by atoms with E-state index in [1.807, 2.05) is 0 Å². The summed E-state index contributed by atoms with van der Waals surface area (Å²) in [6.45, 7) is 7.30. The third kappa shape index (κ3) is 5.70. The Kier molecular flexibility index (Phi) is 11.5. The van der Waals surface area contributed by atoms with Gasteiger partial charge < -0.3 is 24.8 Å². The van der Waals surface area contributed by atoms with Crippen molar-refractivity contribution in [3.63, 3.8) is 0 Å². The first-order chi connectivity index (χ1) is 10.8. The Morgan fingerprint density at radius 1 is 0.792 bits per heavy atom. The SMILES string of the molecule is Cc1ccc[c-]1C.[Cl-].[Cl-].[Si]=[Zr+2].c1ccc2c(c1)[cH-]c1ccccc12. The van der Waals surface area contributed by atoms with E-state index in [4.69, 9.17) is 0 Å². The summed E-state index contributed by atoms with van der Waals surface area (Å²) >= 11 is 1.36. The summed E-state index contributed by atoms with van der Waals surface area (Å²) in [7, 11) is 0. The number of fused-ring (bicyclic) bond motifs is 3. The number of benzene rings is 2. The molecule has 0 saturated heterocycles. The first-order valence-corrected chi connectivity index (χ1v) is 11.4. The molecule has 0 saturated carbocycles. The topological polar surface area (TPSA) is 0 Å². The van der Waals surface area contributed by atoms with Gasteiger partial charge in [-0.15, -0.1) is 39.7 Å². The van der Waals surface area contributed by atoms with Gasteiger partial charge in [0.2, 0.25) is 0 Å². The zero-order chi connectivity index (χ0) is 15.9. The summed E-state index contributed by atoms with van der Waals surface area (Å²) in [5.41, 5.74) is 2.78. The van der Waals surface area contributed by atoms with Crippen molar-refractivity contribution in [1.82, 2.24) is 0 Å². The van der Waals surface area contributed by atoms with Crippen molar-refractivity contribution in [3.8, 4) is 0 Å². The third-order valence-electron chi connectivity index (χ3n) is 3.84. The molecule has 0 spiro atoms. The van der Waals surface area contributed by atoms with E-state index in [1.54, 1.807) is 0 Å². The summed E-state index contributed by atoms with van der Waals surface area (Å²) in [5.74, 6) is 0. The predicted octanol–water partition coefficient (Wildman–Crippen LogP) is -0.641. The molecule has 24 heavy (non-hydrogen) atoms. The Balaban J connectivity index is 0.000000419. The van der Waals surface area contributed by atoms with Gasteiger partial charge in [-0.05, 0) is 0 Å². The second-order valence-electron chi connectivity index (χ2n) is 5.21. The summed E-state index contributed by atoms with van der Waals surface area (Å²) in [4.78, 5) is 0. The average molecular weight is 449 g/mol. The van der Waals surface area contributed by atoms with Crippen molar-refractivity contribution < 1.29 is 48.1 Å². The van der Waals surface area contributed by atoms with Crippen molar-refractivity contribution in [1.29, 1.82) is 0 Å². The molecule has 4 rings (SSSR count). The molecule has 0 fully saturated rings. The van der Waals surface area contributed by atoms with Crippen LogP contribution >= 0.6 is 0 Å². The molecule has 0 amide bonds. The van der Waals surface area contributed by atoms with E-state index in [0.29, 0.717) is 0 Å². The number of hydrogen-bond donors (Lipinski definition) is 0. The minimum atomic E-state index is 0. The molecular weight excluding hydrogens is 430 g/mol. The molecule has 4 aromatic rings. The van der Waals surface area contributed by atoms with Crippen LogP contribution in [0.4, 0.5) is 0 Å². The van der Waals surface area contributed by atoms with Crippen LogP contribution in [0.1, 0.15) is 11.1 Å². The van der Waals surface area contributed by atoms with Crippen LogP contribution in [-0.4, -0.2) is 6.88 Å². The Hall–Kier alpha value is -0.660. The molecule has 0 aliphatic heterocycles. The fraction of sp³-hybridized carbons (Fsp3) is 0.100. The van der Waals surface area contributed by atoms with E-state index >= 15 is 0 Å². The molecular formula is C20H18Cl2SiZr-2. The Morgan fingerprint density at radius 3 is 1.58 bits per heavy atom. The monoisotopic (exact) mass is 446 g/mol. The van der Waals surface area contributed by atoms with Crippen LogP contribution in [0.25, 0.3) is 21.5 Å². The van der Waals surface area contributed by atoms with E-state index in [9.17, 15) is 0 Å². The minimum absolute atomic E-state index is 0. The maximum atomic E-state index is 3.06. The standard InChI is InChI=1S/C13H9.C7H9.2ClH.Si.Zr/c1-3-7-12-10(5-1)9-11-6-2-4-8-13(11)12;1-6-4-3-5-7(6)2;;;;/h1-9H;3-5H,1-2H3;2*1H;;/q2*-1;;;;+2/p-2. The second kappa shape index (κ2) is 11.8. The van der Waals surface area contributed by atoms with Gasteiger partial charge >= 0.3 is 30.2 Å². The van der Waals surface area contributed by atoms with Gasteiger partial charge in [-0.2, -0.15) is 17.2 Å². The van der Waals surface area contributed by atoms with Crippen molar-refractivity contribution in [3.05, 3.63) is 83.9 Å². The van der Waals surface area contributed by atoms with E-state index in [2.05, 4.69) is 93.5 Å². The fourth-order valence-corrected chi connectivity index (χ4v) is 2.50. The van der Waals surface area contributed by atoms with Crippen molar-refractivity contribution >= 4 is 28.4 Å². The van der Waals surface area contributed by atoms with Gasteiger partial charge in [-0.1, -0.05) is 50.2 Å². The maximum absolute atomic E-state index is 3.06. The normalized spacial score (nSPS) is 9.00. The smallest absolute Gasteiger partial charge is 0.0771 e. The minimum Gasteiger partial charge on any atom is -0.126 e. The molecule has 0 aromatic heterocycles. The van der Waals surface area contributed by atoms with Crippen LogP contribution < -0.4 is 24.8 Å². The molecule has 4 aromatic carbocycles. The first-order valence-electron chi connectivity index (χ1n) is 7.23. The van der Waals surface area contributed by atoms with Crippen LogP contribution in [-0.2, 0) is 23.3 Å². The summed E-state index contributed by atoms with van der Waals surface area (Å²) in [6, 6.07) is 25.6. The zero-order valence-corrected chi connectivity index (χ0v) is 18.7. The maximum Gasteiger partial charge on any atom is -0.0771 e. The van der Waals surface area contributed by atoms with E-state index in [1.165, 1.54) is 56.0 Å². The van der Waals surface area contributed by atoms with Gasteiger partial charge in [-0.3, -0.25) is 0 Å². The largest absolute Gasteiger partial charge is 0.126 e. The molecule has 4 heteroatoms. The van der Waals surface area contributed by atoms with Crippen LogP contribution in [0.15, 0.2) is 72.8 Å². The van der Waals surface area contributed by atoms with Gasteiger partial charge in [0.1, 0.15) is 0 Å². The van der Waals surface area contributed by atoms with Crippen molar-refractivity contribution in [2.45, 2.75) is 13.8 Å². The van der Waals surface area contributed by atoms with Gasteiger partial charge in [0.15, 0.2) is 0 Å². The quantitative estimate of drug-likeness (QED) is 0.248. The molecule has 0 unspecified atom stereocenters. The van der Waals surface area contributed by atoms with E-state index < -0.39 is 0 Å². The number of rotatable bonds is 0. The van der Waals surface area contributed by atoms with Crippen molar-refractivity contribution in [2.75, 3.05) is 0 Å². The van der Waals surface area contributed by atoms with Gasteiger partial charge in [0, 0.05) is 0 Å². The average Bonchev–Trinajstić information content (AvgIpc) is 3.13. The first kappa shape index (κ1) is 23.3. The Labute approximate surface area is 173 Å². The van der Waals surface area contributed by atoms with Crippen LogP contribution in [0.3, 0.4) is 0 Å². The van der Waals surface area contributed by atoms with Gasteiger partial charge in [0.25, 0.3) is 0 Å². The van der Waals surface area contributed by atoms with E-state index in [0.717, 1.165) is 0 Å². The Bertz CT molecular complexity index is 797. The van der Waals surface area contributed by atoms with Crippen LogP contribution in [0.2, 0.25) is 0 Å². The molecule has 0 bridgehead atoms. The molecule has 0 aliphatic carbocycles. The number of hydrogen-bond acceptors (Lipinski definition) is 0. The molecule has 0 atom stereocenters. The molecule has 0 nitrogen and oxygen atoms in total. The summed E-state index contributed by atoms with van der Waals surface area (Å²) in [5, 5.41) is 5.39. The van der Waals surface area contributed by atoms with Crippen molar-refractivity contribution in [2.24, 2.45) is 0 Å². The number of aryl methyl sites for hydroxylation is 2. The van der Waals surface area contributed by atoms with Gasteiger partial charge in [0.05, 0.1) is 0 Å². The molecule has 0 heterocycles. The summed E-state index contributed by atoms with van der Waals surface area (Å²) < 4.78 is 0. The Morgan fingerprint density at radius 2 is 1.25 bits per heavy atom.